The van der Waals surface area contributed by atoms with Crippen LogP contribution < -0.4 is 9.62 Å². The Labute approximate surface area is 158 Å². The molecule has 6 nitrogen and oxygen atoms in total. The first-order chi connectivity index (χ1) is 12.9. The number of nitrogens with one attached hydrogen (secondary N) is 2. The Morgan fingerprint density at radius 1 is 1.15 bits per heavy atom. The van der Waals surface area contributed by atoms with Crippen molar-refractivity contribution in [3.8, 4) is 0 Å². The van der Waals surface area contributed by atoms with Crippen LogP contribution in [-0.4, -0.2) is 51.9 Å². The van der Waals surface area contributed by atoms with Crippen LogP contribution in [0.4, 0.5) is 10.1 Å². The zero-order valence-corrected chi connectivity index (χ0v) is 15.9. The van der Waals surface area contributed by atoms with Crippen molar-refractivity contribution in [3.05, 3.63) is 59.9 Å². The van der Waals surface area contributed by atoms with E-state index in [1.54, 1.807) is 17.0 Å². The second-order valence-corrected chi connectivity index (χ2v) is 8.19. The number of benzene rings is 2. The molecule has 8 heteroatoms. The lowest BCUT2D eigenvalue weighted by molar-refractivity contribution is -0.902. The molecule has 27 heavy (non-hydrogen) atoms. The van der Waals surface area contributed by atoms with Crippen LogP contribution in [0.25, 0.3) is 0 Å². The maximum absolute atomic E-state index is 13.8. The number of amides is 1. The number of nitrogens with zero attached hydrogens (tertiary/aromatic N) is 1. The number of piperazine rings is 1. The average molecular weight is 392 g/mol. The van der Waals surface area contributed by atoms with E-state index in [9.17, 15) is 17.6 Å². The number of quaternary nitrogens is 1. The molecule has 1 amide bonds. The minimum Gasteiger partial charge on any atom is -0.332 e. The van der Waals surface area contributed by atoms with Crippen molar-refractivity contribution >= 4 is 21.6 Å². The lowest BCUT2D eigenvalue weighted by atomic mass is 10.2. The van der Waals surface area contributed by atoms with Gasteiger partial charge in [0.05, 0.1) is 43.3 Å². The Bertz CT molecular complexity index is 925. The van der Waals surface area contributed by atoms with E-state index in [0.717, 1.165) is 19.6 Å². The average Bonchev–Trinajstić information content (AvgIpc) is 2.69. The summed E-state index contributed by atoms with van der Waals surface area (Å²) in [5.74, 6) is -0.849. The molecule has 3 rings (SSSR count). The quantitative estimate of drug-likeness (QED) is 0.797. The fraction of sp³-hybridized carbons (Fsp3) is 0.316. The maximum Gasteiger partial charge on any atom is 0.262 e. The van der Waals surface area contributed by atoms with Gasteiger partial charge in [0.2, 0.25) is 0 Å². The molecule has 0 aromatic heterocycles. The van der Waals surface area contributed by atoms with E-state index in [-0.39, 0.29) is 16.5 Å². The monoisotopic (exact) mass is 392 g/mol. The van der Waals surface area contributed by atoms with Gasteiger partial charge in [0.15, 0.2) is 0 Å². The highest BCUT2D eigenvalue weighted by Crippen LogP contribution is 2.20. The predicted molar refractivity (Wildman–Crippen MR) is 101 cm³/mol. The number of halogens is 1. The van der Waals surface area contributed by atoms with Crippen molar-refractivity contribution in [2.45, 2.75) is 11.8 Å². The SMILES string of the molecule is CC[NH+]1CCN(C(=O)c2cccc(S(=O)(=O)Nc3ccccc3F)c2)CC1. The Morgan fingerprint density at radius 2 is 1.85 bits per heavy atom. The van der Waals surface area contributed by atoms with Crippen LogP contribution in [0.5, 0.6) is 0 Å². The second-order valence-electron chi connectivity index (χ2n) is 6.51. The van der Waals surface area contributed by atoms with Gasteiger partial charge in [-0.25, -0.2) is 12.8 Å². The number of anilines is 1. The summed E-state index contributed by atoms with van der Waals surface area (Å²) in [7, 11) is -4.00. The topological polar surface area (TPSA) is 70.9 Å². The third kappa shape index (κ3) is 4.45. The first-order valence-corrected chi connectivity index (χ1v) is 10.4. The van der Waals surface area contributed by atoms with E-state index in [0.29, 0.717) is 18.7 Å². The maximum atomic E-state index is 13.8. The van der Waals surface area contributed by atoms with E-state index in [1.165, 1.54) is 41.3 Å². The molecule has 1 aliphatic rings. The molecule has 1 fully saturated rings. The van der Waals surface area contributed by atoms with E-state index in [1.807, 2.05) is 0 Å². The molecule has 1 heterocycles. The molecule has 2 aromatic rings. The Hall–Kier alpha value is -2.45. The molecule has 0 bridgehead atoms. The van der Waals surface area contributed by atoms with Crippen LogP contribution in [0.3, 0.4) is 0 Å². The first-order valence-electron chi connectivity index (χ1n) is 8.91. The summed E-state index contributed by atoms with van der Waals surface area (Å²) in [6, 6.07) is 11.4. The van der Waals surface area contributed by atoms with Gasteiger partial charge < -0.3 is 9.80 Å². The van der Waals surface area contributed by atoms with Crippen LogP contribution in [0.1, 0.15) is 17.3 Å². The molecule has 1 aliphatic heterocycles. The molecule has 0 radical (unpaired) electrons. The molecule has 2 aromatic carbocycles. The Balaban J connectivity index is 1.79. The minimum atomic E-state index is -4.00. The van der Waals surface area contributed by atoms with Crippen LogP contribution in [-0.2, 0) is 10.0 Å². The number of rotatable bonds is 5. The Kier molecular flexibility index (Phi) is 5.76. The fourth-order valence-electron chi connectivity index (χ4n) is 3.11. The highest BCUT2D eigenvalue weighted by molar-refractivity contribution is 7.92. The van der Waals surface area contributed by atoms with Gasteiger partial charge in [-0.2, -0.15) is 0 Å². The third-order valence-electron chi connectivity index (χ3n) is 4.77. The standard InChI is InChI=1S/C19H22FN3O3S/c1-2-22-10-12-23(13-11-22)19(24)15-6-5-7-16(14-15)27(25,26)21-18-9-4-3-8-17(18)20/h3-9,14,21H,2,10-13H2,1H3/p+1. The summed E-state index contributed by atoms with van der Waals surface area (Å²) in [5.41, 5.74) is 0.180. The zero-order chi connectivity index (χ0) is 19.4. The lowest BCUT2D eigenvalue weighted by Crippen LogP contribution is -3.14. The highest BCUT2D eigenvalue weighted by atomic mass is 32.2. The number of likely N-dealkylation sites (N-methyl/N-ethyl adjacent to an activating group) is 1. The number of sulfonamides is 1. The van der Waals surface area contributed by atoms with Crippen molar-refractivity contribution in [1.82, 2.24) is 4.90 Å². The molecule has 144 valence electrons. The molecule has 0 unspecified atom stereocenters. The van der Waals surface area contributed by atoms with Crippen molar-refractivity contribution < 1.29 is 22.5 Å². The number of hydrogen-bond donors (Lipinski definition) is 2. The van der Waals surface area contributed by atoms with E-state index >= 15 is 0 Å². The third-order valence-corrected chi connectivity index (χ3v) is 6.13. The normalized spacial score (nSPS) is 15.6. The van der Waals surface area contributed by atoms with Crippen LogP contribution >= 0.6 is 0 Å². The van der Waals surface area contributed by atoms with Gasteiger partial charge in [-0.1, -0.05) is 18.2 Å². The summed E-state index contributed by atoms with van der Waals surface area (Å²) in [6.45, 7) is 6.20. The van der Waals surface area contributed by atoms with Gasteiger partial charge in [-0.3, -0.25) is 9.52 Å². The van der Waals surface area contributed by atoms with E-state index in [4.69, 9.17) is 0 Å². The van der Waals surface area contributed by atoms with Crippen molar-refractivity contribution in [2.24, 2.45) is 0 Å². The summed E-state index contributed by atoms with van der Waals surface area (Å²) in [6.07, 6.45) is 0. The van der Waals surface area contributed by atoms with Gasteiger partial charge in [-0.15, -0.1) is 0 Å². The molecule has 1 saturated heterocycles. The van der Waals surface area contributed by atoms with Crippen molar-refractivity contribution in [2.75, 3.05) is 37.4 Å². The first kappa shape index (κ1) is 19.3. The molecular formula is C19H23FN3O3S+. The summed E-state index contributed by atoms with van der Waals surface area (Å²) in [4.78, 5) is 15.8. The molecule has 0 atom stereocenters. The number of carbonyl (C=O) groups is 1. The van der Waals surface area contributed by atoms with Crippen LogP contribution in [0.2, 0.25) is 0 Å². The smallest absolute Gasteiger partial charge is 0.262 e. The van der Waals surface area contributed by atoms with E-state index < -0.39 is 15.8 Å². The van der Waals surface area contributed by atoms with Crippen LogP contribution in [0.15, 0.2) is 53.4 Å². The predicted octanol–water partition coefficient (Wildman–Crippen LogP) is 0.987. The number of para-hydroxylation sites is 1. The summed E-state index contributed by atoms with van der Waals surface area (Å²) in [5, 5.41) is 0. The minimum absolute atomic E-state index is 0.0746. The van der Waals surface area contributed by atoms with E-state index in [2.05, 4.69) is 11.6 Å². The summed E-state index contributed by atoms with van der Waals surface area (Å²) >= 11 is 0. The molecular weight excluding hydrogens is 369 g/mol. The van der Waals surface area contributed by atoms with Gasteiger partial charge in [0.25, 0.3) is 15.9 Å². The van der Waals surface area contributed by atoms with Gasteiger partial charge >= 0.3 is 0 Å². The Morgan fingerprint density at radius 3 is 2.52 bits per heavy atom. The van der Waals surface area contributed by atoms with Gasteiger partial charge in [0, 0.05) is 5.56 Å². The van der Waals surface area contributed by atoms with Crippen molar-refractivity contribution in [3.63, 3.8) is 0 Å². The molecule has 0 saturated carbocycles. The molecule has 0 spiro atoms. The second kappa shape index (κ2) is 8.06. The fourth-order valence-corrected chi connectivity index (χ4v) is 4.22. The number of carbonyl (C=O) groups excluding carboxylic acids is 1. The van der Waals surface area contributed by atoms with Gasteiger partial charge in [-0.05, 0) is 37.3 Å². The van der Waals surface area contributed by atoms with Crippen molar-refractivity contribution in [1.29, 1.82) is 0 Å². The highest BCUT2D eigenvalue weighted by Gasteiger charge is 2.25. The van der Waals surface area contributed by atoms with Gasteiger partial charge in [0.1, 0.15) is 5.82 Å². The van der Waals surface area contributed by atoms with Crippen LogP contribution in [0, 0.1) is 5.82 Å². The summed E-state index contributed by atoms with van der Waals surface area (Å²) < 4.78 is 41.1. The number of hydrogen-bond acceptors (Lipinski definition) is 3. The molecule has 0 aliphatic carbocycles. The lowest BCUT2D eigenvalue weighted by Gasteiger charge is -2.31. The molecule has 2 N–H and O–H groups in total. The largest absolute Gasteiger partial charge is 0.332 e. The zero-order valence-electron chi connectivity index (χ0n) is 15.1.